The van der Waals surface area contributed by atoms with Gasteiger partial charge in [0.05, 0.1) is 60.3 Å². The van der Waals surface area contributed by atoms with E-state index in [1.54, 1.807) is 28.4 Å². The highest BCUT2D eigenvalue weighted by Crippen LogP contribution is 2.40. The van der Waals surface area contributed by atoms with Crippen molar-refractivity contribution in [3.8, 4) is 11.8 Å². The van der Waals surface area contributed by atoms with Crippen molar-refractivity contribution in [2.24, 2.45) is 0 Å². The molecule has 0 saturated heterocycles. The van der Waals surface area contributed by atoms with Gasteiger partial charge in [-0.05, 0) is 12.1 Å². The zero-order chi connectivity index (χ0) is 35.8. The van der Waals surface area contributed by atoms with Crippen LogP contribution in [0.4, 0.5) is 23.0 Å². The zero-order valence-electron chi connectivity index (χ0n) is 30.8. The number of hydrogen-bond donors (Lipinski definition) is 0. The van der Waals surface area contributed by atoms with Crippen LogP contribution < -0.4 is 19.6 Å². The van der Waals surface area contributed by atoms with E-state index in [0.29, 0.717) is 36.1 Å². The average Bonchev–Trinajstić information content (AvgIpc) is 3.93. The number of pyridine rings is 2. The second-order valence-corrected chi connectivity index (χ2v) is 11.5. The van der Waals surface area contributed by atoms with E-state index in [4.69, 9.17) is 18.2 Å². The molecule has 0 saturated carbocycles. The molecule has 4 aliphatic rings. The predicted octanol–water partition coefficient (Wildman–Crippen LogP) is 4.17. The van der Waals surface area contributed by atoms with Crippen LogP contribution in [0.25, 0.3) is 27.5 Å². The summed E-state index contributed by atoms with van der Waals surface area (Å²) in [4.78, 5) is 23.7. The lowest BCUT2D eigenvalue weighted by Crippen LogP contribution is -2.25. The summed E-state index contributed by atoms with van der Waals surface area (Å²) in [7, 11) is 3.94. The van der Waals surface area contributed by atoms with Crippen LogP contribution in [0.1, 0.15) is 13.8 Å². The Morgan fingerprint density at radius 1 is 0.622 bits per heavy atom. The summed E-state index contributed by atoms with van der Waals surface area (Å²) in [6, 6.07) is 10.2. The Bertz CT molecular complexity index is 2210. The monoisotopic (exact) mass is 604 g/mol. The molecule has 0 spiro atoms. The first-order valence-electron chi connectivity index (χ1n) is 17.4. The molecule has 1 aromatic carbocycles. The molecule has 0 radical (unpaired) electrons. The van der Waals surface area contributed by atoms with Crippen LogP contribution in [0.15, 0.2) is 86.3 Å². The maximum atomic E-state index is 10.6. The van der Waals surface area contributed by atoms with Gasteiger partial charge in [-0.15, -0.1) is 0 Å². The minimum absolute atomic E-state index is 0.0369. The van der Waals surface area contributed by atoms with Gasteiger partial charge in [-0.1, -0.05) is 0 Å². The van der Waals surface area contributed by atoms with Gasteiger partial charge in [0, 0.05) is 121 Å². The highest BCUT2D eigenvalue weighted by atomic mass is 15.4. The lowest BCUT2D eigenvalue weighted by atomic mass is 10.1. The second-order valence-electron chi connectivity index (χ2n) is 11.5. The zero-order valence-corrected chi connectivity index (χ0v) is 24.8. The van der Waals surface area contributed by atoms with E-state index in [0.717, 1.165) is 33.3 Å². The largest absolute Gasteiger partial charge is 0.361 e. The third-order valence-electron chi connectivity index (χ3n) is 8.38. The lowest BCUT2D eigenvalue weighted by molar-refractivity contribution is 0.494. The van der Waals surface area contributed by atoms with Crippen molar-refractivity contribution in [2.75, 3.05) is 74.3 Å². The van der Waals surface area contributed by atoms with Gasteiger partial charge in [0.1, 0.15) is 17.7 Å². The van der Waals surface area contributed by atoms with Crippen molar-refractivity contribution in [1.82, 2.24) is 34.1 Å². The van der Waals surface area contributed by atoms with Gasteiger partial charge < -0.3 is 43.8 Å². The Hall–Kier alpha value is -5.83. The topological polar surface area (TPSA) is 80.4 Å². The van der Waals surface area contributed by atoms with Gasteiger partial charge in [-0.2, -0.15) is 5.26 Å². The molecule has 12 heteroatoms. The molecule has 0 fully saturated rings. The number of fused-ring (bicyclic) bond motifs is 3. The van der Waals surface area contributed by atoms with Gasteiger partial charge in [0.2, 0.25) is 0 Å². The molecule has 8 rings (SSSR count). The van der Waals surface area contributed by atoms with Crippen molar-refractivity contribution in [2.45, 2.75) is 0 Å². The Morgan fingerprint density at radius 2 is 1.07 bits per heavy atom. The van der Waals surface area contributed by atoms with E-state index in [1.807, 2.05) is 84.1 Å². The minimum atomic E-state index is -2.35. The molecule has 12 nitrogen and oxygen atoms in total. The summed E-state index contributed by atoms with van der Waals surface area (Å²) in [5.74, 6) is 1.30. The average molecular weight is 605 g/mol. The first-order valence-corrected chi connectivity index (χ1v) is 14.4. The number of aromatic nitrogens is 3. The lowest BCUT2D eigenvalue weighted by Gasteiger charge is -2.26. The Balaban J connectivity index is 1.35. The number of anilines is 4. The molecular weight excluding hydrogens is 564 g/mol. The molecule has 0 N–H and O–H groups in total. The standard InChI is InChI=1S/C33H34N12/c1-37-5-9-41(20-37)28-13-24(14-29(25(28)17-34)42-10-6-38(2)21-42)45-30-15-32(43-11-7-39(3)22-43)35-18-26(30)27-19-36-33(16-31(27)45)44-12-8-40(4)23-44/h5-16,18-19H,20-23H2,1-4H3/i1D3,3D3. The van der Waals surface area contributed by atoms with Crippen LogP contribution in [-0.4, -0.2) is 88.9 Å². The number of nitriles is 1. The molecule has 45 heavy (non-hydrogen) atoms. The maximum absolute atomic E-state index is 10.6. The summed E-state index contributed by atoms with van der Waals surface area (Å²) in [6.45, 7) is -3.36. The Labute approximate surface area is 270 Å². The van der Waals surface area contributed by atoms with Crippen molar-refractivity contribution >= 4 is 44.8 Å². The smallest absolute Gasteiger partial charge is 0.136 e. The Kier molecular flexibility index (Phi) is 4.72. The first-order chi connectivity index (χ1) is 24.3. The molecular formula is C33H34N12. The molecule has 0 atom stereocenters. The normalized spacial score (nSPS) is 20.1. The van der Waals surface area contributed by atoms with Gasteiger partial charge in [0.15, 0.2) is 0 Å². The van der Waals surface area contributed by atoms with Crippen LogP contribution in [-0.2, 0) is 0 Å². The fourth-order valence-corrected chi connectivity index (χ4v) is 6.18. The predicted molar refractivity (Wildman–Crippen MR) is 178 cm³/mol. The fraction of sp³-hybridized carbons (Fsp3) is 0.242. The SMILES string of the molecule is [2H]C([2H])([2H])N1C=CN(c2cc3c(cn2)c2cnc(N4C=CN(C)C4)cc2n3-c2cc(N3C=CN(C)C3)c(C#N)c(N3C=CN(C([2H])([2H])[2H])C3)c2)C1. The molecule has 0 bridgehead atoms. The summed E-state index contributed by atoms with van der Waals surface area (Å²) in [5.41, 5.74) is 3.97. The molecule has 0 aliphatic carbocycles. The van der Waals surface area contributed by atoms with Crippen molar-refractivity contribution in [3.63, 3.8) is 0 Å². The quantitative estimate of drug-likeness (QED) is 0.329. The molecule has 3 aromatic heterocycles. The van der Waals surface area contributed by atoms with Crippen LogP contribution in [0, 0.1) is 11.3 Å². The van der Waals surface area contributed by atoms with Gasteiger partial charge in [-0.3, -0.25) is 0 Å². The van der Waals surface area contributed by atoms with Crippen LogP contribution in [0.3, 0.4) is 0 Å². The molecule has 7 heterocycles. The van der Waals surface area contributed by atoms with Crippen molar-refractivity contribution < 1.29 is 8.22 Å². The van der Waals surface area contributed by atoms with E-state index < -0.39 is 14.0 Å². The first kappa shape index (κ1) is 21.0. The number of nitrogens with zero attached hydrogens (tertiary/aromatic N) is 12. The summed E-state index contributed by atoms with van der Waals surface area (Å²) < 4.78 is 49.7. The van der Waals surface area contributed by atoms with E-state index in [2.05, 4.69) is 15.5 Å². The molecule has 0 amide bonds. The minimum Gasteiger partial charge on any atom is -0.361 e. The highest BCUT2D eigenvalue weighted by molar-refractivity contribution is 6.10. The van der Waals surface area contributed by atoms with E-state index >= 15 is 0 Å². The summed E-state index contributed by atoms with van der Waals surface area (Å²) >= 11 is 0. The van der Waals surface area contributed by atoms with Gasteiger partial charge >= 0.3 is 0 Å². The summed E-state index contributed by atoms with van der Waals surface area (Å²) in [6.07, 6.45) is 17.9. The van der Waals surface area contributed by atoms with Gasteiger partial charge in [-0.25, -0.2) is 9.97 Å². The molecule has 4 aromatic rings. The van der Waals surface area contributed by atoms with Crippen LogP contribution in [0.2, 0.25) is 0 Å². The number of benzene rings is 1. The highest BCUT2D eigenvalue weighted by Gasteiger charge is 2.26. The van der Waals surface area contributed by atoms with E-state index in [1.165, 1.54) is 22.2 Å². The number of hydrogen-bond acceptors (Lipinski definition) is 11. The Morgan fingerprint density at radius 3 is 1.49 bits per heavy atom. The van der Waals surface area contributed by atoms with E-state index in [-0.39, 0.29) is 13.3 Å². The summed E-state index contributed by atoms with van der Waals surface area (Å²) in [5, 5.41) is 12.3. The maximum Gasteiger partial charge on any atom is 0.136 e. The fourth-order valence-electron chi connectivity index (χ4n) is 6.18. The van der Waals surface area contributed by atoms with Crippen molar-refractivity contribution in [3.05, 3.63) is 91.8 Å². The van der Waals surface area contributed by atoms with Crippen LogP contribution in [0.5, 0.6) is 0 Å². The number of rotatable bonds is 5. The third kappa shape index (κ3) is 4.43. The van der Waals surface area contributed by atoms with E-state index in [9.17, 15) is 5.26 Å². The third-order valence-corrected chi connectivity index (χ3v) is 8.38. The second kappa shape index (κ2) is 10.1. The van der Waals surface area contributed by atoms with Gasteiger partial charge in [0.25, 0.3) is 0 Å². The molecule has 226 valence electrons. The molecule has 0 unspecified atom stereocenters. The van der Waals surface area contributed by atoms with Crippen LogP contribution >= 0.6 is 0 Å². The van der Waals surface area contributed by atoms with Crippen molar-refractivity contribution in [1.29, 1.82) is 5.26 Å². The molecule has 4 aliphatic heterocycles.